The van der Waals surface area contributed by atoms with Crippen LogP contribution in [0.2, 0.25) is 0 Å². The molecule has 0 fully saturated rings. The van der Waals surface area contributed by atoms with Crippen LogP contribution in [-0.4, -0.2) is 32.1 Å². The van der Waals surface area contributed by atoms with Gasteiger partial charge in [-0.15, -0.1) is 11.3 Å². The molecule has 5 nitrogen and oxygen atoms in total. The molecule has 0 aliphatic carbocycles. The minimum absolute atomic E-state index is 0.801. The Kier molecular flexibility index (Phi) is 4.08. The Labute approximate surface area is 127 Å². The van der Waals surface area contributed by atoms with Crippen molar-refractivity contribution in [2.24, 2.45) is 0 Å². The lowest BCUT2D eigenvalue weighted by atomic mass is 10.1. The van der Waals surface area contributed by atoms with E-state index in [-0.39, 0.29) is 0 Å². The van der Waals surface area contributed by atoms with Gasteiger partial charge in [-0.05, 0) is 25.6 Å². The van der Waals surface area contributed by atoms with E-state index < -0.39 is 0 Å². The second-order valence-corrected chi connectivity index (χ2v) is 6.13. The van der Waals surface area contributed by atoms with E-state index in [2.05, 4.69) is 49.6 Å². The van der Waals surface area contributed by atoms with Crippen LogP contribution in [0, 0.1) is 6.92 Å². The molecule has 2 heterocycles. The monoisotopic (exact) mass is 299 g/mol. The number of benzene rings is 1. The zero-order chi connectivity index (χ0) is 14.7. The van der Waals surface area contributed by atoms with Gasteiger partial charge in [-0.3, -0.25) is 10.00 Å². The van der Waals surface area contributed by atoms with E-state index in [1.54, 1.807) is 11.3 Å². The number of aryl methyl sites for hydroxylation is 1. The lowest BCUT2D eigenvalue weighted by Gasteiger charge is -2.15. The largest absolute Gasteiger partial charge is 0.296 e. The summed E-state index contributed by atoms with van der Waals surface area (Å²) in [7, 11) is 2.11. The number of hydrogen-bond donors (Lipinski definition) is 1. The zero-order valence-corrected chi connectivity index (χ0v) is 12.9. The van der Waals surface area contributed by atoms with E-state index >= 15 is 0 Å². The van der Waals surface area contributed by atoms with Crippen molar-refractivity contribution in [3.63, 3.8) is 0 Å². The lowest BCUT2D eigenvalue weighted by Crippen LogP contribution is -2.17. The number of nitrogens with zero attached hydrogens (tertiary/aromatic N) is 4. The van der Waals surface area contributed by atoms with Gasteiger partial charge in [0.25, 0.3) is 0 Å². The minimum Gasteiger partial charge on any atom is -0.296 e. The van der Waals surface area contributed by atoms with Crippen LogP contribution in [0.5, 0.6) is 0 Å². The van der Waals surface area contributed by atoms with Crippen LogP contribution in [0.4, 0.5) is 0 Å². The van der Waals surface area contributed by atoms with Gasteiger partial charge in [-0.1, -0.05) is 18.2 Å². The quantitative estimate of drug-likeness (QED) is 0.787. The normalized spacial score (nSPS) is 11.2. The molecule has 0 saturated heterocycles. The Hall–Kier alpha value is -2.05. The molecule has 0 spiro atoms. The first-order chi connectivity index (χ1) is 10.2. The second-order valence-electron chi connectivity index (χ2n) is 5.06. The van der Waals surface area contributed by atoms with Crippen molar-refractivity contribution in [3.05, 3.63) is 52.2 Å². The van der Waals surface area contributed by atoms with Crippen LogP contribution in [0.25, 0.3) is 11.4 Å². The van der Waals surface area contributed by atoms with Crippen molar-refractivity contribution in [1.29, 1.82) is 0 Å². The highest BCUT2D eigenvalue weighted by atomic mass is 32.1. The highest BCUT2D eigenvalue weighted by Crippen LogP contribution is 2.17. The van der Waals surface area contributed by atoms with E-state index in [1.807, 2.05) is 19.1 Å². The Balaban J connectivity index is 1.68. The van der Waals surface area contributed by atoms with Crippen molar-refractivity contribution >= 4 is 11.3 Å². The molecular weight excluding hydrogens is 282 g/mol. The van der Waals surface area contributed by atoms with Crippen molar-refractivity contribution in [1.82, 2.24) is 25.1 Å². The molecule has 21 heavy (non-hydrogen) atoms. The molecule has 1 aromatic carbocycles. The predicted octanol–water partition coefficient (Wildman–Crippen LogP) is 2.87. The zero-order valence-electron chi connectivity index (χ0n) is 12.1. The first-order valence-electron chi connectivity index (χ1n) is 6.75. The topological polar surface area (TPSA) is 57.7 Å². The summed E-state index contributed by atoms with van der Waals surface area (Å²) in [5, 5.41) is 10.0. The maximum atomic E-state index is 4.50. The average Bonchev–Trinajstić information content (AvgIpc) is 3.11. The number of aromatic amines is 1. The summed E-state index contributed by atoms with van der Waals surface area (Å²) in [6.45, 7) is 3.77. The van der Waals surface area contributed by atoms with Crippen molar-refractivity contribution in [3.8, 4) is 11.4 Å². The highest BCUT2D eigenvalue weighted by molar-refractivity contribution is 7.09. The molecule has 0 amide bonds. The average molecular weight is 299 g/mol. The van der Waals surface area contributed by atoms with Crippen molar-refractivity contribution in [2.45, 2.75) is 20.0 Å². The molecule has 0 saturated carbocycles. The molecule has 0 aliphatic rings. The fraction of sp³-hybridized carbons (Fsp3) is 0.267. The molecule has 0 aliphatic heterocycles. The number of H-pyrrole nitrogens is 1. The predicted molar refractivity (Wildman–Crippen MR) is 83.8 cm³/mol. The molecule has 0 unspecified atom stereocenters. The van der Waals surface area contributed by atoms with E-state index in [0.29, 0.717) is 0 Å². The fourth-order valence-corrected chi connectivity index (χ4v) is 2.89. The van der Waals surface area contributed by atoms with Gasteiger partial charge in [-0.25, -0.2) is 9.97 Å². The molecule has 6 heteroatoms. The third-order valence-electron chi connectivity index (χ3n) is 3.17. The number of aromatic nitrogens is 4. The van der Waals surface area contributed by atoms with E-state index in [9.17, 15) is 0 Å². The van der Waals surface area contributed by atoms with Crippen LogP contribution in [-0.2, 0) is 13.1 Å². The summed E-state index contributed by atoms with van der Waals surface area (Å²) in [6.07, 6.45) is 1.53. The molecule has 3 aromatic rings. The van der Waals surface area contributed by atoms with Gasteiger partial charge in [0, 0.05) is 24.0 Å². The van der Waals surface area contributed by atoms with E-state index in [4.69, 9.17) is 0 Å². The smallest absolute Gasteiger partial charge is 0.155 e. The molecule has 3 rings (SSSR count). The molecule has 0 bridgehead atoms. The van der Waals surface area contributed by atoms with Gasteiger partial charge in [0.05, 0.1) is 10.7 Å². The maximum absolute atomic E-state index is 4.50. The Bertz CT molecular complexity index is 704. The summed E-state index contributed by atoms with van der Waals surface area (Å²) in [5.41, 5.74) is 3.44. The van der Waals surface area contributed by atoms with Gasteiger partial charge in [0.1, 0.15) is 6.33 Å². The number of rotatable bonds is 5. The molecule has 0 atom stereocenters. The van der Waals surface area contributed by atoms with Crippen LogP contribution in [0.15, 0.2) is 36.0 Å². The SMILES string of the molecule is Cc1nc(CN(C)Cc2cccc(-c3ncn[nH]3)c2)cs1. The van der Waals surface area contributed by atoms with Gasteiger partial charge in [0.2, 0.25) is 0 Å². The molecular formula is C15H17N5S. The van der Waals surface area contributed by atoms with Crippen LogP contribution < -0.4 is 0 Å². The van der Waals surface area contributed by atoms with Crippen LogP contribution in [0.3, 0.4) is 0 Å². The van der Waals surface area contributed by atoms with Gasteiger partial charge in [0.15, 0.2) is 5.82 Å². The van der Waals surface area contributed by atoms with Gasteiger partial charge in [-0.2, -0.15) is 5.10 Å². The molecule has 0 radical (unpaired) electrons. The first kappa shape index (κ1) is 13.9. The van der Waals surface area contributed by atoms with E-state index in [0.717, 1.165) is 35.2 Å². The number of thiazole rings is 1. The third-order valence-corrected chi connectivity index (χ3v) is 3.99. The standard InChI is InChI=1S/C15H17N5S/c1-11-18-14(9-21-11)8-20(2)7-12-4-3-5-13(6-12)15-16-10-17-19-15/h3-6,9-10H,7-8H2,1-2H3,(H,16,17,19). The molecule has 2 aromatic heterocycles. The summed E-state index contributed by atoms with van der Waals surface area (Å²) >= 11 is 1.70. The van der Waals surface area contributed by atoms with Gasteiger partial charge < -0.3 is 0 Å². The van der Waals surface area contributed by atoms with Crippen molar-refractivity contribution in [2.75, 3.05) is 7.05 Å². The first-order valence-corrected chi connectivity index (χ1v) is 7.63. The fourth-order valence-electron chi connectivity index (χ4n) is 2.29. The Morgan fingerprint density at radius 3 is 2.90 bits per heavy atom. The third kappa shape index (κ3) is 3.53. The van der Waals surface area contributed by atoms with Crippen LogP contribution >= 0.6 is 11.3 Å². The summed E-state index contributed by atoms with van der Waals surface area (Å²) < 4.78 is 0. The van der Waals surface area contributed by atoms with Gasteiger partial charge >= 0.3 is 0 Å². The highest BCUT2D eigenvalue weighted by Gasteiger charge is 2.06. The van der Waals surface area contributed by atoms with E-state index in [1.165, 1.54) is 11.9 Å². The molecule has 1 N–H and O–H groups in total. The maximum Gasteiger partial charge on any atom is 0.155 e. The summed E-state index contributed by atoms with van der Waals surface area (Å²) in [6, 6.07) is 8.35. The summed E-state index contributed by atoms with van der Waals surface area (Å²) in [4.78, 5) is 11.0. The minimum atomic E-state index is 0.801. The Morgan fingerprint density at radius 1 is 1.29 bits per heavy atom. The summed E-state index contributed by atoms with van der Waals surface area (Å²) in [5.74, 6) is 0.801. The van der Waals surface area contributed by atoms with Crippen molar-refractivity contribution < 1.29 is 0 Å². The van der Waals surface area contributed by atoms with Crippen LogP contribution in [0.1, 0.15) is 16.3 Å². The lowest BCUT2D eigenvalue weighted by molar-refractivity contribution is 0.315. The Morgan fingerprint density at radius 2 is 2.19 bits per heavy atom. The number of hydrogen-bond acceptors (Lipinski definition) is 5. The number of nitrogens with one attached hydrogen (secondary N) is 1. The second kappa shape index (κ2) is 6.15. The molecule has 108 valence electrons.